The third-order valence-corrected chi connectivity index (χ3v) is 10.5. The second-order valence-corrected chi connectivity index (χ2v) is 13.1. The van der Waals surface area contributed by atoms with Crippen LogP contribution in [-0.4, -0.2) is 22.9 Å². The van der Waals surface area contributed by atoms with Crippen molar-refractivity contribution in [1.82, 2.24) is 4.31 Å². The molecule has 0 bridgehead atoms. The molecule has 0 aromatic heterocycles. The minimum absolute atomic E-state index is 0.153. The second-order valence-electron chi connectivity index (χ2n) is 11.1. The molecule has 0 radical (unpaired) electrons. The van der Waals surface area contributed by atoms with Crippen LogP contribution in [0.25, 0.3) is 43.8 Å². The Kier molecular flexibility index (Phi) is 6.87. The van der Waals surface area contributed by atoms with Crippen molar-refractivity contribution in [2.24, 2.45) is 0 Å². The van der Waals surface area contributed by atoms with Gasteiger partial charge in [-0.3, -0.25) is 0 Å². The molecule has 6 aromatic rings. The minimum Gasteiger partial charge on any atom is -0.392 e. The number of hydrogen-bond donors (Lipinski definition) is 2. The molecular formula is C37H31NO4S. The molecule has 6 aromatic carbocycles. The van der Waals surface area contributed by atoms with Gasteiger partial charge in [-0.1, -0.05) is 103 Å². The van der Waals surface area contributed by atoms with Crippen LogP contribution in [0.2, 0.25) is 0 Å². The maximum absolute atomic E-state index is 14.1. The SMILES string of the molecule is Cc1ccc(S(=O)(=O)N2Cc3c(c(-c4cccc5ccccc45)c(CO)c(CO)c3-c3cccc4ccccc34)C2)cc1. The number of nitrogens with zero attached hydrogens (tertiary/aromatic N) is 1. The fourth-order valence-corrected chi connectivity index (χ4v) is 8.02. The fourth-order valence-electron chi connectivity index (χ4n) is 6.64. The third kappa shape index (κ3) is 4.46. The number of rotatable bonds is 6. The summed E-state index contributed by atoms with van der Waals surface area (Å²) in [4.78, 5) is 0.245. The van der Waals surface area contributed by atoms with Crippen molar-refractivity contribution in [2.45, 2.75) is 38.1 Å². The van der Waals surface area contributed by atoms with Crippen LogP contribution in [0, 0.1) is 6.92 Å². The standard InChI is InChI=1S/C37H31NO4S/c1-24-16-18-27(19-17-24)43(41,42)38-20-32-33(21-38)37(31-15-7-11-26-9-3-5-13-29(26)31)35(23-40)34(22-39)36(32)30-14-6-10-25-8-2-4-12-28(25)30/h2-19,39-40H,20-23H2,1H3. The zero-order valence-corrected chi connectivity index (χ0v) is 24.6. The molecule has 0 atom stereocenters. The molecule has 0 saturated carbocycles. The number of aliphatic hydroxyl groups excluding tert-OH is 2. The van der Waals surface area contributed by atoms with E-state index < -0.39 is 10.0 Å². The summed E-state index contributed by atoms with van der Waals surface area (Å²) in [5.41, 5.74) is 7.35. The summed E-state index contributed by atoms with van der Waals surface area (Å²) in [6, 6.07) is 35.2. The Morgan fingerprint density at radius 3 is 1.51 bits per heavy atom. The van der Waals surface area contributed by atoms with Crippen molar-refractivity contribution in [3.63, 3.8) is 0 Å². The average Bonchev–Trinajstić information content (AvgIpc) is 3.49. The van der Waals surface area contributed by atoms with Gasteiger partial charge in [0.15, 0.2) is 0 Å². The van der Waals surface area contributed by atoms with E-state index in [0.717, 1.165) is 60.5 Å². The van der Waals surface area contributed by atoms with E-state index >= 15 is 0 Å². The van der Waals surface area contributed by atoms with E-state index in [1.54, 1.807) is 12.1 Å². The zero-order chi connectivity index (χ0) is 29.7. The summed E-state index contributed by atoms with van der Waals surface area (Å²) in [6.45, 7) is 1.64. The molecule has 0 fully saturated rings. The molecule has 0 spiro atoms. The molecule has 7 rings (SSSR count). The van der Waals surface area contributed by atoms with Gasteiger partial charge < -0.3 is 10.2 Å². The maximum Gasteiger partial charge on any atom is 0.243 e. The highest BCUT2D eigenvalue weighted by atomic mass is 32.2. The maximum atomic E-state index is 14.1. The number of aliphatic hydroxyl groups is 2. The number of benzene rings is 6. The van der Waals surface area contributed by atoms with Crippen LogP contribution >= 0.6 is 0 Å². The number of aryl methyl sites for hydroxylation is 1. The smallest absolute Gasteiger partial charge is 0.243 e. The largest absolute Gasteiger partial charge is 0.392 e. The molecule has 214 valence electrons. The van der Waals surface area contributed by atoms with Gasteiger partial charge in [-0.2, -0.15) is 4.31 Å². The molecule has 0 unspecified atom stereocenters. The van der Waals surface area contributed by atoms with Gasteiger partial charge in [0, 0.05) is 13.1 Å². The predicted molar refractivity (Wildman–Crippen MR) is 172 cm³/mol. The fraction of sp³-hybridized carbons (Fsp3) is 0.135. The van der Waals surface area contributed by atoms with Crippen LogP contribution in [0.5, 0.6) is 0 Å². The topological polar surface area (TPSA) is 77.8 Å². The molecule has 1 aliphatic heterocycles. The molecule has 6 heteroatoms. The summed E-state index contributed by atoms with van der Waals surface area (Å²) in [7, 11) is -3.84. The van der Waals surface area contributed by atoms with Crippen LogP contribution in [0.15, 0.2) is 114 Å². The molecule has 0 saturated heterocycles. The lowest BCUT2D eigenvalue weighted by atomic mass is 9.81. The van der Waals surface area contributed by atoms with Gasteiger partial charge in [-0.25, -0.2) is 8.42 Å². The summed E-state index contributed by atoms with van der Waals surface area (Å²) < 4.78 is 29.7. The van der Waals surface area contributed by atoms with E-state index in [4.69, 9.17) is 0 Å². The molecule has 0 aliphatic carbocycles. The van der Waals surface area contributed by atoms with E-state index in [-0.39, 0.29) is 31.2 Å². The molecule has 43 heavy (non-hydrogen) atoms. The van der Waals surface area contributed by atoms with E-state index in [0.29, 0.717) is 11.1 Å². The predicted octanol–water partition coefficient (Wildman–Crippen LogP) is 7.32. The van der Waals surface area contributed by atoms with Crippen molar-refractivity contribution < 1.29 is 18.6 Å². The second kappa shape index (κ2) is 10.7. The Morgan fingerprint density at radius 2 is 1.05 bits per heavy atom. The molecular weight excluding hydrogens is 554 g/mol. The summed E-state index contributed by atoms with van der Waals surface area (Å²) >= 11 is 0. The lowest BCUT2D eigenvalue weighted by Gasteiger charge is -2.24. The first-order chi connectivity index (χ1) is 20.9. The van der Waals surface area contributed by atoms with E-state index in [1.165, 1.54) is 4.31 Å². The Hall–Kier alpha value is -4.33. The van der Waals surface area contributed by atoms with Gasteiger partial charge >= 0.3 is 0 Å². The first-order valence-corrected chi connectivity index (χ1v) is 15.8. The number of fused-ring (bicyclic) bond motifs is 3. The zero-order valence-electron chi connectivity index (χ0n) is 23.8. The van der Waals surface area contributed by atoms with Crippen LogP contribution in [-0.2, 0) is 36.3 Å². The number of hydrogen-bond acceptors (Lipinski definition) is 4. The van der Waals surface area contributed by atoms with Crippen LogP contribution < -0.4 is 0 Å². The molecule has 5 nitrogen and oxygen atoms in total. The van der Waals surface area contributed by atoms with E-state index in [1.807, 2.05) is 104 Å². The normalized spacial score (nSPS) is 13.6. The van der Waals surface area contributed by atoms with Crippen molar-refractivity contribution in [1.29, 1.82) is 0 Å². The Balaban J connectivity index is 1.56. The summed E-state index contributed by atoms with van der Waals surface area (Å²) in [5, 5.41) is 26.0. The minimum atomic E-state index is -3.84. The van der Waals surface area contributed by atoms with Gasteiger partial charge in [0.2, 0.25) is 10.0 Å². The monoisotopic (exact) mass is 585 g/mol. The van der Waals surface area contributed by atoms with Gasteiger partial charge in [0.05, 0.1) is 18.1 Å². The van der Waals surface area contributed by atoms with Crippen molar-refractivity contribution >= 4 is 31.6 Å². The molecule has 0 amide bonds. The number of sulfonamides is 1. The molecule has 2 N–H and O–H groups in total. The summed E-state index contributed by atoms with van der Waals surface area (Å²) in [5.74, 6) is 0. The first-order valence-electron chi connectivity index (χ1n) is 14.4. The van der Waals surface area contributed by atoms with Gasteiger partial charge in [-0.05, 0) is 85.1 Å². The van der Waals surface area contributed by atoms with Crippen molar-refractivity contribution in [3.8, 4) is 22.3 Å². The van der Waals surface area contributed by atoms with Crippen LogP contribution in [0.4, 0.5) is 0 Å². The highest BCUT2D eigenvalue weighted by Crippen LogP contribution is 2.48. The van der Waals surface area contributed by atoms with Gasteiger partial charge in [-0.15, -0.1) is 0 Å². The third-order valence-electron chi connectivity index (χ3n) is 8.70. The first kappa shape index (κ1) is 27.5. The van der Waals surface area contributed by atoms with Gasteiger partial charge in [0.1, 0.15) is 0 Å². The summed E-state index contributed by atoms with van der Waals surface area (Å²) in [6.07, 6.45) is 0. The Morgan fingerprint density at radius 1 is 0.605 bits per heavy atom. The molecule has 1 aliphatic rings. The Bertz CT molecular complexity index is 2010. The van der Waals surface area contributed by atoms with Crippen LogP contribution in [0.1, 0.15) is 27.8 Å². The van der Waals surface area contributed by atoms with Crippen LogP contribution in [0.3, 0.4) is 0 Å². The highest BCUT2D eigenvalue weighted by molar-refractivity contribution is 7.89. The van der Waals surface area contributed by atoms with E-state index in [2.05, 4.69) is 0 Å². The van der Waals surface area contributed by atoms with E-state index in [9.17, 15) is 18.6 Å². The molecule has 1 heterocycles. The quantitative estimate of drug-likeness (QED) is 0.215. The lowest BCUT2D eigenvalue weighted by Crippen LogP contribution is -2.25. The lowest BCUT2D eigenvalue weighted by molar-refractivity contribution is 0.261. The Labute approximate surface area is 251 Å². The average molecular weight is 586 g/mol. The van der Waals surface area contributed by atoms with Crippen molar-refractivity contribution in [2.75, 3.05) is 0 Å². The van der Waals surface area contributed by atoms with Crippen molar-refractivity contribution in [3.05, 3.63) is 137 Å². The van der Waals surface area contributed by atoms with Gasteiger partial charge in [0.25, 0.3) is 0 Å². The highest BCUT2D eigenvalue weighted by Gasteiger charge is 2.37.